The Balaban J connectivity index is 0.000000154. The molecule has 10 rings (SSSR count). The van der Waals surface area contributed by atoms with Crippen LogP contribution in [0.25, 0.3) is 0 Å². The van der Waals surface area contributed by atoms with Crippen molar-refractivity contribution in [1.82, 2.24) is 19.6 Å². The van der Waals surface area contributed by atoms with Crippen LogP contribution in [0.15, 0.2) is 91.0 Å². The minimum atomic E-state index is -0.758. The molecule has 2 saturated heterocycles. The van der Waals surface area contributed by atoms with E-state index in [9.17, 15) is 10.2 Å². The lowest BCUT2D eigenvalue weighted by molar-refractivity contribution is -0.0323. The predicted octanol–water partition coefficient (Wildman–Crippen LogP) is 6.74. The maximum Gasteiger partial charge on any atom is 0.231 e. The first kappa shape index (κ1) is 41.0. The van der Waals surface area contributed by atoms with Gasteiger partial charge in [0.25, 0.3) is 0 Å². The van der Waals surface area contributed by atoms with Crippen molar-refractivity contribution >= 4 is 0 Å². The average molecular weight is 819 g/mol. The number of hydrogen-bond donors (Lipinski definition) is 2. The van der Waals surface area contributed by atoms with Crippen LogP contribution in [0.2, 0.25) is 0 Å². The fourth-order valence-corrected chi connectivity index (χ4v) is 10.3. The molecule has 6 aliphatic rings. The molecule has 2 saturated carbocycles. The molecule has 2 aliphatic carbocycles. The number of nitrogens with zero attached hydrogens (tertiary/aromatic N) is 4. The van der Waals surface area contributed by atoms with Crippen molar-refractivity contribution in [3.8, 4) is 28.7 Å². The Morgan fingerprint density at radius 2 is 0.967 bits per heavy atom. The lowest BCUT2D eigenvalue weighted by Gasteiger charge is -2.44. The number of ether oxygens (including phenoxy) is 5. The van der Waals surface area contributed by atoms with Crippen LogP contribution >= 0.6 is 0 Å². The van der Waals surface area contributed by atoms with Gasteiger partial charge in [-0.2, -0.15) is 0 Å². The van der Waals surface area contributed by atoms with Crippen molar-refractivity contribution in [3.05, 3.63) is 113 Å². The molecule has 11 nitrogen and oxygen atoms in total. The third-order valence-electron chi connectivity index (χ3n) is 14.0. The molecule has 11 heteroatoms. The van der Waals surface area contributed by atoms with Gasteiger partial charge in [-0.3, -0.25) is 19.6 Å². The van der Waals surface area contributed by atoms with Crippen LogP contribution in [0.3, 0.4) is 0 Å². The van der Waals surface area contributed by atoms with Gasteiger partial charge >= 0.3 is 0 Å². The van der Waals surface area contributed by atoms with Crippen LogP contribution in [-0.2, 0) is 24.3 Å². The summed E-state index contributed by atoms with van der Waals surface area (Å²) >= 11 is 0. The summed E-state index contributed by atoms with van der Waals surface area (Å²) in [6, 6.07) is 32.0. The van der Waals surface area contributed by atoms with E-state index in [4.69, 9.17) is 23.7 Å². The molecule has 4 aliphatic heterocycles. The molecular weight excluding hydrogens is 757 g/mol. The van der Waals surface area contributed by atoms with Crippen LogP contribution in [0.4, 0.5) is 0 Å². The maximum absolute atomic E-state index is 11.3. The predicted molar refractivity (Wildman–Crippen MR) is 231 cm³/mol. The van der Waals surface area contributed by atoms with Gasteiger partial charge in [0, 0.05) is 77.5 Å². The normalized spacial score (nSPS) is 27.2. The molecule has 4 heterocycles. The van der Waals surface area contributed by atoms with E-state index in [1.54, 1.807) is 7.11 Å². The molecule has 4 aromatic rings. The molecule has 2 N–H and O–H groups in total. The molecule has 0 unspecified atom stereocenters. The van der Waals surface area contributed by atoms with Gasteiger partial charge in [-0.25, -0.2) is 0 Å². The highest BCUT2D eigenvalue weighted by Gasteiger charge is 2.39. The standard InChI is InChI=1S/C25H32N2O4.C24H30N2O3/c1-29-22-4-2-3-19(15-22)17-26-11-13-27(14-12-26)21-7-9-25(28,10-8-21)20-5-6-23-24(16-20)31-18-30-23;27-24(20-6-7-22-23(16-20)29-18-28-22)10-8-21(9-11-24)26-14-12-25(13-15-26)17-19-4-2-1-3-5-19/h2-6,15-16,21,28H,7-14,17-18H2,1H3;1-7,16,21,27H,8-15,17-18H2. The van der Waals surface area contributed by atoms with Crippen LogP contribution in [-0.4, -0.2) is 115 Å². The second-order valence-corrected chi connectivity index (χ2v) is 17.6. The first-order valence-corrected chi connectivity index (χ1v) is 22.2. The van der Waals surface area contributed by atoms with Gasteiger partial charge in [-0.15, -0.1) is 0 Å². The van der Waals surface area contributed by atoms with Gasteiger partial charge in [-0.05, 0) is 110 Å². The zero-order chi connectivity index (χ0) is 40.9. The van der Waals surface area contributed by atoms with Gasteiger partial charge in [0.2, 0.25) is 13.6 Å². The molecule has 60 heavy (non-hydrogen) atoms. The molecular formula is C49H62N4O7. The molecule has 4 aromatic carbocycles. The molecule has 0 bridgehead atoms. The topological polar surface area (TPSA) is 99.6 Å². The molecule has 0 atom stereocenters. The van der Waals surface area contributed by atoms with Gasteiger partial charge in [-0.1, -0.05) is 54.6 Å². The number of benzene rings is 4. The van der Waals surface area contributed by atoms with Crippen molar-refractivity contribution in [2.45, 2.75) is 87.7 Å². The first-order valence-electron chi connectivity index (χ1n) is 22.2. The number of hydrogen-bond acceptors (Lipinski definition) is 11. The van der Waals surface area contributed by atoms with E-state index in [1.165, 1.54) is 11.1 Å². The molecule has 4 fully saturated rings. The zero-order valence-corrected chi connectivity index (χ0v) is 35.2. The van der Waals surface area contributed by atoms with Crippen LogP contribution in [0, 0.1) is 0 Å². The summed E-state index contributed by atoms with van der Waals surface area (Å²) < 4.78 is 27.2. The number of rotatable bonds is 9. The monoisotopic (exact) mass is 818 g/mol. The van der Waals surface area contributed by atoms with Crippen molar-refractivity contribution in [2.24, 2.45) is 0 Å². The average Bonchev–Trinajstić information content (AvgIpc) is 3.98. The summed E-state index contributed by atoms with van der Waals surface area (Å²) in [4.78, 5) is 10.3. The first-order chi connectivity index (χ1) is 29.3. The molecule has 0 radical (unpaired) electrons. The summed E-state index contributed by atoms with van der Waals surface area (Å²) in [6.07, 6.45) is 7.35. The van der Waals surface area contributed by atoms with Crippen LogP contribution < -0.4 is 23.7 Å². The van der Waals surface area contributed by atoms with Crippen LogP contribution in [0.1, 0.15) is 73.6 Å². The molecule has 320 valence electrons. The minimum Gasteiger partial charge on any atom is -0.497 e. The van der Waals surface area contributed by atoms with E-state index >= 15 is 0 Å². The fourth-order valence-electron chi connectivity index (χ4n) is 10.3. The second kappa shape index (κ2) is 18.3. The van der Waals surface area contributed by atoms with E-state index in [1.807, 2.05) is 42.5 Å². The number of fused-ring (bicyclic) bond motifs is 2. The van der Waals surface area contributed by atoms with E-state index < -0.39 is 11.2 Å². The summed E-state index contributed by atoms with van der Waals surface area (Å²) in [5.41, 5.74) is 3.12. The number of aliphatic hydroxyl groups is 2. The van der Waals surface area contributed by atoms with E-state index in [0.29, 0.717) is 12.1 Å². The Kier molecular flexibility index (Phi) is 12.5. The number of piperazine rings is 2. The fraction of sp³-hybridized carbons (Fsp3) is 0.510. The van der Waals surface area contributed by atoms with E-state index in [-0.39, 0.29) is 13.6 Å². The zero-order valence-electron chi connectivity index (χ0n) is 35.2. The number of methoxy groups -OCH3 is 1. The summed E-state index contributed by atoms with van der Waals surface area (Å²) in [7, 11) is 1.72. The van der Waals surface area contributed by atoms with Crippen molar-refractivity contribution in [1.29, 1.82) is 0 Å². The van der Waals surface area contributed by atoms with Gasteiger partial charge in [0.1, 0.15) is 5.75 Å². The summed E-state index contributed by atoms with van der Waals surface area (Å²) in [6.45, 7) is 11.4. The van der Waals surface area contributed by atoms with Crippen LogP contribution in [0.5, 0.6) is 28.7 Å². The molecule has 0 aromatic heterocycles. The Hall–Kier alpha value is -4.36. The summed E-state index contributed by atoms with van der Waals surface area (Å²) in [5.74, 6) is 3.98. The van der Waals surface area contributed by atoms with Crippen molar-refractivity contribution in [2.75, 3.05) is 73.1 Å². The highest BCUT2D eigenvalue weighted by molar-refractivity contribution is 5.47. The Morgan fingerprint density at radius 3 is 1.45 bits per heavy atom. The Bertz CT molecular complexity index is 2020. The van der Waals surface area contributed by atoms with Gasteiger partial charge in [0.05, 0.1) is 18.3 Å². The Labute approximate surface area is 355 Å². The largest absolute Gasteiger partial charge is 0.497 e. The third kappa shape index (κ3) is 9.42. The SMILES string of the molecule is COc1cccc(CN2CCN(C3CCC(O)(c4ccc5c(c4)OCO5)CC3)CC2)c1.OC1(c2ccc3c(c2)OCO3)CCC(N2CCN(Cc3ccccc3)CC2)CC1. The highest BCUT2D eigenvalue weighted by Crippen LogP contribution is 2.44. The minimum absolute atomic E-state index is 0.267. The van der Waals surface area contributed by atoms with Crippen molar-refractivity contribution < 1.29 is 33.9 Å². The van der Waals surface area contributed by atoms with E-state index in [2.05, 4.69) is 68.1 Å². The summed E-state index contributed by atoms with van der Waals surface area (Å²) in [5, 5.41) is 22.6. The van der Waals surface area contributed by atoms with E-state index in [0.717, 1.165) is 157 Å². The van der Waals surface area contributed by atoms with Gasteiger partial charge in [0.15, 0.2) is 23.0 Å². The Morgan fingerprint density at radius 1 is 0.517 bits per heavy atom. The third-order valence-corrected chi connectivity index (χ3v) is 14.0. The van der Waals surface area contributed by atoms with Gasteiger partial charge < -0.3 is 33.9 Å². The van der Waals surface area contributed by atoms with Crippen molar-refractivity contribution in [3.63, 3.8) is 0 Å². The smallest absolute Gasteiger partial charge is 0.231 e. The maximum atomic E-state index is 11.3. The second-order valence-electron chi connectivity index (χ2n) is 17.6. The quantitative estimate of drug-likeness (QED) is 0.188. The molecule has 0 spiro atoms. The lowest BCUT2D eigenvalue weighted by atomic mass is 9.77. The lowest BCUT2D eigenvalue weighted by Crippen LogP contribution is -2.51. The highest BCUT2D eigenvalue weighted by atomic mass is 16.7. The molecule has 0 amide bonds.